The molecule has 0 bridgehead atoms. The zero-order chi connectivity index (χ0) is 15.7. The molecule has 1 unspecified atom stereocenters. The third-order valence-corrected chi connectivity index (χ3v) is 3.96. The van der Waals surface area contributed by atoms with Crippen LogP contribution in [0.25, 0.3) is 0 Å². The van der Waals surface area contributed by atoms with Crippen LogP contribution < -0.4 is 5.32 Å². The van der Waals surface area contributed by atoms with E-state index in [0.717, 1.165) is 44.2 Å². The van der Waals surface area contributed by atoms with E-state index in [1.807, 2.05) is 12.1 Å². The highest BCUT2D eigenvalue weighted by molar-refractivity contribution is 5.20. The monoisotopic (exact) mass is 295 g/mol. The normalized spacial score (nSPS) is 13.4. The number of hydrogen-bond acceptors (Lipinski definition) is 2. The van der Waals surface area contributed by atoms with Gasteiger partial charge in [0, 0.05) is 19.2 Å². The number of benzene rings is 1. The molecule has 0 aliphatic carbocycles. The van der Waals surface area contributed by atoms with Crippen molar-refractivity contribution < 1.29 is 9.50 Å². The highest BCUT2D eigenvalue weighted by Crippen LogP contribution is 2.25. The Morgan fingerprint density at radius 3 is 2.43 bits per heavy atom. The summed E-state index contributed by atoms with van der Waals surface area (Å²) in [5.41, 5.74) is 1.32. The quantitative estimate of drug-likeness (QED) is 0.668. The van der Waals surface area contributed by atoms with Crippen molar-refractivity contribution in [1.82, 2.24) is 5.32 Å². The SMILES string of the molecule is CCCCC(NCC(C)(C)CCCO)c1ccc(F)cc1. The summed E-state index contributed by atoms with van der Waals surface area (Å²) in [5, 5.41) is 12.6. The molecule has 0 saturated heterocycles. The average Bonchev–Trinajstić information content (AvgIpc) is 2.46. The molecule has 0 amide bonds. The molecule has 120 valence electrons. The molecular formula is C18H30FNO. The van der Waals surface area contributed by atoms with E-state index in [-0.39, 0.29) is 23.9 Å². The van der Waals surface area contributed by atoms with E-state index in [0.29, 0.717) is 0 Å². The minimum atomic E-state index is -0.184. The van der Waals surface area contributed by atoms with Crippen molar-refractivity contribution in [2.24, 2.45) is 5.41 Å². The van der Waals surface area contributed by atoms with Gasteiger partial charge in [0.1, 0.15) is 5.82 Å². The highest BCUT2D eigenvalue weighted by atomic mass is 19.1. The maximum Gasteiger partial charge on any atom is 0.123 e. The lowest BCUT2D eigenvalue weighted by Gasteiger charge is -2.28. The number of aliphatic hydroxyl groups excluding tert-OH is 1. The molecule has 0 radical (unpaired) electrons. The summed E-state index contributed by atoms with van der Waals surface area (Å²) in [4.78, 5) is 0. The Morgan fingerprint density at radius 2 is 1.86 bits per heavy atom. The Kier molecular flexibility index (Phi) is 7.91. The van der Waals surface area contributed by atoms with E-state index < -0.39 is 0 Å². The van der Waals surface area contributed by atoms with Gasteiger partial charge in [-0.25, -0.2) is 4.39 Å². The van der Waals surface area contributed by atoms with Gasteiger partial charge in [0.25, 0.3) is 0 Å². The Morgan fingerprint density at radius 1 is 1.19 bits per heavy atom. The summed E-state index contributed by atoms with van der Waals surface area (Å²) in [6.45, 7) is 7.78. The van der Waals surface area contributed by atoms with Gasteiger partial charge in [-0.15, -0.1) is 0 Å². The van der Waals surface area contributed by atoms with Gasteiger partial charge in [0.05, 0.1) is 0 Å². The van der Waals surface area contributed by atoms with Gasteiger partial charge in [0.15, 0.2) is 0 Å². The minimum absolute atomic E-state index is 0.160. The average molecular weight is 295 g/mol. The van der Waals surface area contributed by atoms with Crippen LogP contribution in [0, 0.1) is 11.2 Å². The molecule has 0 heterocycles. The molecule has 2 N–H and O–H groups in total. The van der Waals surface area contributed by atoms with Gasteiger partial charge >= 0.3 is 0 Å². The fourth-order valence-electron chi connectivity index (χ4n) is 2.54. The van der Waals surface area contributed by atoms with Crippen LogP contribution in [-0.2, 0) is 0 Å². The molecule has 1 atom stereocenters. The van der Waals surface area contributed by atoms with Crippen molar-refractivity contribution in [2.75, 3.05) is 13.2 Å². The van der Waals surface area contributed by atoms with Crippen LogP contribution in [-0.4, -0.2) is 18.3 Å². The van der Waals surface area contributed by atoms with Crippen molar-refractivity contribution >= 4 is 0 Å². The Hall–Kier alpha value is -0.930. The smallest absolute Gasteiger partial charge is 0.123 e. The van der Waals surface area contributed by atoms with Crippen molar-refractivity contribution in [3.05, 3.63) is 35.6 Å². The molecule has 21 heavy (non-hydrogen) atoms. The molecule has 0 spiro atoms. The van der Waals surface area contributed by atoms with Gasteiger partial charge < -0.3 is 10.4 Å². The molecule has 0 saturated carbocycles. The highest BCUT2D eigenvalue weighted by Gasteiger charge is 2.20. The largest absolute Gasteiger partial charge is 0.396 e. The third kappa shape index (κ3) is 7.05. The first-order valence-corrected chi connectivity index (χ1v) is 8.08. The van der Waals surface area contributed by atoms with Crippen LogP contribution in [0.1, 0.15) is 64.5 Å². The second-order valence-corrected chi connectivity index (χ2v) is 6.62. The van der Waals surface area contributed by atoms with Crippen molar-refractivity contribution in [3.8, 4) is 0 Å². The number of aliphatic hydroxyl groups is 1. The molecule has 0 aliphatic heterocycles. The van der Waals surface area contributed by atoms with Gasteiger partial charge in [0.2, 0.25) is 0 Å². The fraction of sp³-hybridized carbons (Fsp3) is 0.667. The van der Waals surface area contributed by atoms with E-state index in [2.05, 4.69) is 26.1 Å². The van der Waals surface area contributed by atoms with Gasteiger partial charge in [-0.2, -0.15) is 0 Å². The topological polar surface area (TPSA) is 32.3 Å². The number of nitrogens with one attached hydrogen (secondary N) is 1. The molecular weight excluding hydrogens is 265 g/mol. The van der Waals surface area contributed by atoms with Gasteiger partial charge in [-0.1, -0.05) is 45.7 Å². The number of rotatable bonds is 10. The summed E-state index contributed by atoms with van der Waals surface area (Å²) >= 11 is 0. The van der Waals surface area contributed by atoms with Crippen LogP contribution in [0.2, 0.25) is 0 Å². The van der Waals surface area contributed by atoms with Gasteiger partial charge in [-0.05, 0) is 42.4 Å². The van der Waals surface area contributed by atoms with Gasteiger partial charge in [-0.3, -0.25) is 0 Å². The van der Waals surface area contributed by atoms with Crippen LogP contribution in [0.4, 0.5) is 4.39 Å². The third-order valence-electron chi connectivity index (χ3n) is 3.96. The molecule has 2 nitrogen and oxygen atoms in total. The van der Waals surface area contributed by atoms with Crippen LogP contribution >= 0.6 is 0 Å². The van der Waals surface area contributed by atoms with Crippen molar-refractivity contribution in [1.29, 1.82) is 0 Å². The lowest BCUT2D eigenvalue weighted by molar-refractivity contribution is 0.230. The lowest BCUT2D eigenvalue weighted by Crippen LogP contribution is -2.32. The minimum Gasteiger partial charge on any atom is -0.396 e. The maximum absolute atomic E-state index is 13.1. The van der Waals surface area contributed by atoms with Crippen LogP contribution in [0.5, 0.6) is 0 Å². The van der Waals surface area contributed by atoms with E-state index in [9.17, 15) is 4.39 Å². The summed E-state index contributed by atoms with van der Waals surface area (Å²) in [6.07, 6.45) is 5.23. The van der Waals surface area contributed by atoms with E-state index in [4.69, 9.17) is 5.11 Å². The van der Waals surface area contributed by atoms with E-state index in [1.54, 1.807) is 0 Å². The molecule has 1 aromatic rings. The summed E-state index contributed by atoms with van der Waals surface area (Å²) in [5.74, 6) is -0.184. The summed E-state index contributed by atoms with van der Waals surface area (Å²) in [7, 11) is 0. The molecule has 0 aromatic heterocycles. The predicted molar refractivity (Wildman–Crippen MR) is 86.8 cm³/mol. The molecule has 0 aliphatic rings. The van der Waals surface area contributed by atoms with Crippen LogP contribution in [0.15, 0.2) is 24.3 Å². The predicted octanol–water partition coefficient (Wildman–Crippen LogP) is 4.45. The Balaban J connectivity index is 2.63. The molecule has 1 aromatic carbocycles. The first kappa shape index (κ1) is 18.1. The first-order chi connectivity index (χ1) is 9.98. The number of hydrogen-bond donors (Lipinski definition) is 2. The van der Waals surface area contributed by atoms with Crippen molar-refractivity contribution in [3.63, 3.8) is 0 Å². The molecule has 1 rings (SSSR count). The Labute approximate surface area is 128 Å². The fourth-order valence-corrected chi connectivity index (χ4v) is 2.54. The Bertz CT molecular complexity index is 389. The standard InChI is InChI=1S/C18H30FNO/c1-4-5-7-17(15-8-10-16(19)11-9-15)20-14-18(2,3)12-6-13-21/h8-11,17,20-21H,4-7,12-14H2,1-3H3. The summed E-state index contributed by atoms with van der Waals surface area (Å²) in [6, 6.07) is 7.10. The number of halogens is 1. The lowest BCUT2D eigenvalue weighted by atomic mass is 9.87. The second kappa shape index (κ2) is 9.16. The van der Waals surface area contributed by atoms with E-state index in [1.165, 1.54) is 12.1 Å². The number of unbranched alkanes of at least 4 members (excludes halogenated alkanes) is 1. The second-order valence-electron chi connectivity index (χ2n) is 6.62. The maximum atomic E-state index is 13.1. The molecule has 3 heteroatoms. The molecule has 0 fully saturated rings. The zero-order valence-corrected chi connectivity index (χ0v) is 13.7. The van der Waals surface area contributed by atoms with Crippen molar-refractivity contribution in [2.45, 2.75) is 58.9 Å². The van der Waals surface area contributed by atoms with Crippen LogP contribution in [0.3, 0.4) is 0 Å². The first-order valence-electron chi connectivity index (χ1n) is 8.08. The summed E-state index contributed by atoms with van der Waals surface area (Å²) < 4.78 is 13.1. The van der Waals surface area contributed by atoms with E-state index >= 15 is 0 Å². The zero-order valence-electron chi connectivity index (χ0n) is 13.7.